The van der Waals surface area contributed by atoms with E-state index in [1.54, 1.807) is 19.4 Å². The number of sulfonamides is 1. The van der Waals surface area contributed by atoms with Crippen molar-refractivity contribution in [1.29, 1.82) is 0 Å². The van der Waals surface area contributed by atoms with Crippen LogP contribution >= 0.6 is 23.2 Å². The van der Waals surface area contributed by atoms with Crippen LogP contribution in [0.1, 0.15) is 0 Å². The zero-order valence-corrected chi connectivity index (χ0v) is 15.9. The molecule has 0 unspecified atom stereocenters. The molecule has 1 aliphatic rings. The van der Waals surface area contributed by atoms with Gasteiger partial charge in [-0.1, -0.05) is 23.2 Å². The average molecular weight is 402 g/mol. The fourth-order valence-corrected chi connectivity index (χ4v) is 4.47. The van der Waals surface area contributed by atoms with Crippen LogP contribution in [0.5, 0.6) is 5.88 Å². The lowest BCUT2D eigenvalue weighted by molar-refractivity contribution is 0.384. The van der Waals surface area contributed by atoms with Crippen molar-refractivity contribution in [3.8, 4) is 5.88 Å². The fraction of sp³-hybridized carbons (Fsp3) is 0.312. The van der Waals surface area contributed by atoms with E-state index in [9.17, 15) is 8.42 Å². The van der Waals surface area contributed by atoms with Crippen molar-refractivity contribution in [1.82, 2.24) is 9.29 Å². The van der Waals surface area contributed by atoms with Gasteiger partial charge in [0.15, 0.2) is 0 Å². The lowest BCUT2D eigenvalue weighted by atomic mass is 10.3. The van der Waals surface area contributed by atoms with Crippen molar-refractivity contribution < 1.29 is 13.2 Å². The number of ether oxygens (including phenoxy) is 1. The zero-order chi connectivity index (χ0) is 18.0. The molecule has 2 aromatic rings. The fourth-order valence-electron chi connectivity index (χ4n) is 2.65. The SMILES string of the molecule is COc1ccc(N2CCN(S(=O)(=O)c3ccc(Cl)c(Cl)c3)CC2)cn1. The molecule has 1 saturated heterocycles. The van der Waals surface area contributed by atoms with E-state index in [-0.39, 0.29) is 9.92 Å². The van der Waals surface area contributed by atoms with E-state index >= 15 is 0 Å². The summed E-state index contributed by atoms with van der Waals surface area (Å²) in [6.45, 7) is 1.92. The molecule has 0 N–H and O–H groups in total. The van der Waals surface area contributed by atoms with Gasteiger partial charge in [-0.05, 0) is 24.3 Å². The highest BCUT2D eigenvalue weighted by Gasteiger charge is 2.29. The van der Waals surface area contributed by atoms with Gasteiger partial charge in [0.1, 0.15) is 0 Å². The zero-order valence-electron chi connectivity index (χ0n) is 13.5. The number of anilines is 1. The number of hydrogen-bond donors (Lipinski definition) is 0. The number of rotatable bonds is 4. The highest BCUT2D eigenvalue weighted by atomic mass is 35.5. The van der Waals surface area contributed by atoms with Crippen molar-refractivity contribution in [2.75, 3.05) is 38.2 Å². The van der Waals surface area contributed by atoms with Crippen LogP contribution in [0, 0.1) is 0 Å². The third-order valence-electron chi connectivity index (χ3n) is 4.06. The van der Waals surface area contributed by atoms with E-state index in [0.29, 0.717) is 37.1 Å². The maximum atomic E-state index is 12.8. The highest BCUT2D eigenvalue weighted by Crippen LogP contribution is 2.27. The molecule has 1 fully saturated rings. The quantitative estimate of drug-likeness (QED) is 0.787. The van der Waals surface area contributed by atoms with Gasteiger partial charge in [-0.15, -0.1) is 0 Å². The van der Waals surface area contributed by atoms with E-state index < -0.39 is 10.0 Å². The molecule has 25 heavy (non-hydrogen) atoms. The Bertz CT molecular complexity index is 851. The number of hydrogen-bond acceptors (Lipinski definition) is 5. The summed E-state index contributed by atoms with van der Waals surface area (Å²) in [5.41, 5.74) is 0.937. The Kier molecular flexibility index (Phi) is 5.38. The number of nitrogens with zero attached hydrogens (tertiary/aromatic N) is 3. The molecule has 1 aliphatic heterocycles. The molecule has 1 aromatic carbocycles. The molecular weight excluding hydrogens is 385 g/mol. The first-order chi connectivity index (χ1) is 11.9. The maximum absolute atomic E-state index is 12.8. The molecule has 1 aromatic heterocycles. The second kappa shape index (κ2) is 7.37. The number of aromatic nitrogens is 1. The van der Waals surface area contributed by atoms with Gasteiger partial charge in [-0.25, -0.2) is 13.4 Å². The van der Waals surface area contributed by atoms with E-state index in [0.717, 1.165) is 5.69 Å². The minimum Gasteiger partial charge on any atom is -0.481 e. The predicted molar refractivity (Wildman–Crippen MR) is 98.2 cm³/mol. The summed E-state index contributed by atoms with van der Waals surface area (Å²) in [6, 6.07) is 8.06. The van der Waals surface area contributed by atoms with Crippen LogP contribution in [-0.4, -0.2) is 51.0 Å². The monoisotopic (exact) mass is 401 g/mol. The number of methoxy groups -OCH3 is 1. The molecule has 134 valence electrons. The Morgan fingerprint density at radius 3 is 2.32 bits per heavy atom. The van der Waals surface area contributed by atoms with Crippen LogP contribution in [0.15, 0.2) is 41.4 Å². The molecular formula is C16H17Cl2N3O3S. The van der Waals surface area contributed by atoms with Gasteiger partial charge in [0.2, 0.25) is 15.9 Å². The van der Waals surface area contributed by atoms with E-state index in [1.165, 1.54) is 22.5 Å². The van der Waals surface area contributed by atoms with Gasteiger partial charge >= 0.3 is 0 Å². The summed E-state index contributed by atoms with van der Waals surface area (Å²) in [5, 5.41) is 0.558. The first-order valence-electron chi connectivity index (χ1n) is 7.62. The molecule has 2 heterocycles. The third kappa shape index (κ3) is 3.84. The molecule has 0 spiro atoms. The summed E-state index contributed by atoms with van der Waals surface area (Å²) in [6.07, 6.45) is 1.72. The van der Waals surface area contributed by atoms with Crippen molar-refractivity contribution in [3.05, 3.63) is 46.6 Å². The molecule has 0 saturated carbocycles. The van der Waals surface area contributed by atoms with Gasteiger partial charge < -0.3 is 9.64 Å². The van der Waals surface area contributed by atoms with Crippen molar-refractivity contribution >= 4 is 38.9 Å². The van der Waals surface area contributed by atoms with Crippen molar-refractivity contribution in [2.24, 2.45) is 0 Å². The van der Waals surface area contributed by atoms with E-state index in [2.05, 4.69) is 9.88 Å². The van der Waals surface area contributed by atoms with Crippen LogP contribution in [0.3, 0.4) is 0 Å². The summed E-state index contributed by atoms with van der Waals surface area (Å²) >= 11 is 11.8. The normalized spacial score (nSPS) is 16.0. The standard InChI is InChI=1S/C16H17Cl2N3O3S/c1-24-16-5-2-12(11-19-16)20-6-8-21(9-7-20)25(22,23)13-3-4-14(17)15(18)10-13/h2-5,10-11H,6-9H2,1H3. The summed E-state index contributed by atoms with van der Waals surface area (Å²) in [5.74, 6) is 0.546. The van der Waals surface area contributed by atoms with Gasteiger partial charge in [0, 0.05) is 32.2 Å². The smallest absolute Gasteiger partial charge is 0.243 e. The number of piperazine rings is 1. The first-order valence-corrected chi connectivity index (χ1v) is 9.81. The second-order valence-electron chi connectivity index (χ2n) is 5.53. The van der Waals surface area contributed by atoms with E-state index in [1.807, 2.05) is 6.07 Å². The van der Waals surface area contributed by atoms with Gasteiger partial charge in [0.05, 0.1) is 33.9 Å². The van der Waals surface area contributed by atoms with Crippen molar-refractivity contribution in [3.63, 3.8) is 0 Å². The summed E-state index contributed by atoms with van der Waals surface area (Å²) in [7, 11) is -2.03. The average Bonchev–Trinajstić information content (AvgIpc) is 2.64. The molecule has 3 rings (SSSR count). The molecule has 0 amide bonds. The maximum Gasteiger partial charge on any atom is 0.243 e. The Morgan fingerprint density at radius 1 is 1.04 bits per heavy atom. The van der Waals surface area contributed by atoms with E-state index in [4.69, 9.17) is 27.9 Å². The van der Waals surface area contributed by atoms with Crippen LogP contribution in [0.2, 0.25) is 10.0 Å². The lowest BCUT2D eigenvalue weighted by Crippen LogP contribution is -2.48. The van der Waals surface area contributed by atoms with Crippen molar-refractivity contribution in [2.45, 2.75) is 4.90 Å². The number of halogens is 2. The molecule has 6 nitrogen and oxygen atoms in total. The van der Waals surface area contributed by atoms with Gasteiger partial charge in [0.25, 0.3) is 0 Å². The van der Waals surface area contributed by atoms with Crippen LogP contribution in [-0.2, 0) is 10.0 Å². The van der Waals surface area contributed by atoms with Crippen LogP contribution in [0.25, 0.3) is 0 Å². The Labute approximate surface area is 157 Å². The molecule has 0 atom stereocenters. The molecule has 9 heteroatoms. The second-order valence-corrected chi connectivity index (χ2v) is 8.28. The number of pyridine rings is 1. The molecule has 0 bridgehead atoms. The summed E-state index contributed by atoms with van der Waals surface area (Å²) < 4.78 is 32.0. The topological polar surface area (TPSA) is 62.7 Å². The highest BCUT2D eigenvalue weighted by molar-refractivity contribution is 7.89. The first kappa shape index (κ1) is 18.3. The van der Waals surface area contributed by atoms with Gasteiger partial charge in [-0.2, -0.15) is 4.31 Å². The van der Waals surface area contributed by atoms with Gasteiger partial charge in [-0.3, -0.25) is 0 Å². The largest absolute Gasteiger partial charge is 0.481 e. The number of benzene rings is 1. The van der Waals surface area contributed by atoms with Crippen LogP contribution < -0.4 is 9.64 Å². The third-order valence-corrected chi connectivity index (χ3v) is 6.70. The lowest BCUT2D eigenvalue weighted by Gasteiger charge is -2.35. The Balaban J connectivity index is 1.71. The molecule has 0 radical (unpaired) electrons. The predicted octanol–water partition coefficient (Wildman–Crippen LogP) is 2.91. The minimum atomic E-state index is -3.59. The minimum absolute atomic E-state index is 0.154. The van der Waals surface area contributed by atoms with Crippen LogP contribution in [0.4, 0.5) is 5.69 Å². The summed E-state index contributed by atoms with van der Waals surface area (Å²) in [4.78, 5) is 6.43. The Hall–Kier alpha value is -1.54. The Morgan fingerprint density at radius 2 is 1.76 bits per heavy atom. The molecule has 0 aliphatic carbocycles.